The van der Waals surface area contributed by atoms with E-state index in [-0.39, 0.29) is 34.3 Å². The van der Waals surface area contributed by atoms with E-state index in [1.165, 1.54) is 6.42 Å². The van der Waals surface area contributed by atoms with Gasteiger partial charge in [-0.3, -0.25) is 0 Å². The van der Waals surface area contributed by atoms with Crippen molar-refractivity contribution in [2.45, 2.75) is 69.0 Å². The summed E-state index contributed by atoms with van der Waals surface area (Å²) in [4.78, 5) is 11.0. The Kier molecular flexibility index (Phi) is 7.78. The number of hydrogen-bond donors (Lipinski definition) is 3. The highest BCUT2D eigenvalue weighted by Gasteiger charge is 2.42. The van der Waals surface area contributed by atoms with E-state index < -0.39 is 12.1 Å². The molecule has 4 nitrogen and oxygen atoms in total. The van der Waals surface area contributed by atoms with Crippen molar-refractivity contribution >= 4 is 17.6 Å². The minimum absolute atomic E-state index is 0.0169. The third-order valence-corrected chi connectivity index (χ3v) is 7.66. The van der Waals surface area contributed by atoms with E-state index in [0.29, 0.717) is 12.8 Å². The normalized spacial score (nSPS) is 28.9. The van der Waals surface area contributed by atoms with Gasteiger partial charge in [0.1, 0.15) is 0 Å². The molecule has 3 unspecified atom stereocenters. The Bertz CT molecular complexity index is 753. The van der Waals surface area contributed by atoms with E-state index in [2.05, 4.69) is 12.7 Å². The molecule has 2 aliphatic carbocycles. The first-order valence-electron chi connectivity index (χ1n) is 11.0. The van der Waals surface area contributed by atoms with Crippen LogP contribution in [0.3, 0.4) is 0 Å². The summed E-state index contributed by atoms with van der Waals surface area (Å²) in [7, 11) is 0. The summed E-state index contributed by atoms with van der Waals surface area (Å²) >= 11 is 6.56. The van der Waals surface area contributed by atoms with Gasteiger partial charge in [0, 0.05) is 16.7 Å². The highest BCUT2D eigenvalue weighted by Crippen LogP contribution is 2.48. The van der Waals surface area contributed by atoms with Crippen molar-refractivity contribution in [2.75, 3.05) is 0 Å². The second-order valence-electron chi connectivity index (χ2n) is 8.99. The largest absolute Gasteiger partial charge is 0.478 e. The number of rotatable bonds is 10. The molecule has 2 saturated carbocycles. The molecule has 2 fully saturated rings. The summed E-state index contributed by atoms with van der Waals surface area (Å²) in [5.74, 6) is -0.791. The summed E-state index contributed by atoms with van der Waals surface area (Å²) in [5.41, 5.74) is 1.33. The van der Waals surface area contributed by atoms with Crippen molar-refractivity contribution in [3.63, 3.8) is 0 Å². The van der Waals surface area contributed by atoms with Crippen LogP contribution in [0, 0.1) is 17.3 Å². The summed E-state index contributed by atoms with van der Waals surface area (Å²) < 4.78 is 0. The minimum Gasteiger partial charge on any atom is -0.478 e. The molecule has 5 heteroatoms. The molecule has 0 aliphatic heterocycles. The molecule has 3 rings (SSSR count). The maximum atomic E-state index is 11.0. The van der Waals surface area contributed by atoms with E-state index in [4.69, 9.17) is 16.7 Å². The fraction of sp³-hybridized carbons (Fsp3) is 0.560. The third-order valence-electron chi connectivity index (χ3n) is 7.16. The summed E-state index contributed by atoms with van der Waals surface area (Å²) in [6, 6.07) is 6.93. The second-order valence-corrected chi connectivity index (χ2v) is 9.55. The Hall–Kier alpha value is -1.62. The lowest BCUT2D eigenvalue weighted by Gasteiger charge is -2.45. The first-order valence-corrected chi connectivity index (χ1v) is 11.4. The van der Waals surface area contributed by atoms with Crippen LogP contribution in [0.4, 0.5) is 0 Å². The Morgan fingerprint density at radius 2 is 2.00 bits per heavy atom. The van der Waals surface area contributed by atoms with E-state index in [1.807, 2.05) is 24.3 Å². The molecule has 30 heavy (non-hydrogen) atoms. The van der Waals surface area contributed by atoms with Gasteiger partial charge in [0.25, 0.3) is 0 Å². The number of halogens is 1. The maximum Gasteiger partial charge on any atom is 0.335 e. The molecule has 2 aliphatic rings. The van der Waals surface area contributed by atoms with Crippen LogP contribution in [0.5, 0.6) is 0 Å². The van der Waals surface area contributed by atoms with Crippen LogP contribution in [-0.2, 0) is 6.42 Å². The summed E-state index contributed by atoms with van der Waals surface area (Å²) in [6.07, 6.45) is 12.0. The van der Waals surface area contributed by atoms with Gasteiger partial charge in [0.05, 0.1) is 17.8 Å². The van der Waals surface area contributed by atoms with Crippen LogP contribution in [0.1, 0.15) is 60.9 Å². The number of carboxylic acid groups (broad SMARTS) is 1. The molecule has 0 spiro atoms. The van der Waals surface area contributed by atoms with E-state index >= 15 is 0 Å². The number of hydrogen-bond acceptors (Lipinski definition) is 3. The third kappa shape index (κ3) is 5.16. The van der Waals surface area contributed by atoms with Crippen LogP contribution in [0.15, 0.2) is 49.1 Å². The van der Waals surface area contributed by atoms with Crippen LogP contribution in [0.25, 0.3) is 0 Å². The molecule has 0 aromatic heterocycles. The fourth-order valence-electron chi connectivity index (χ4n) is 5.09. The lowest BCUT2D eigenvalue weighted by atomic mass is 9.62. The number of aliphatic hydroxyl groups is 2. The van der Waals surface area contributed by atoms with Crippen molar-refractivity contribution in [1.29, 1.82) is 0 Å². The number of aryl methyl sites for hydroxylation is 1. The quantitative estimate of drug-likeness (QED) is 0.360. The van der Waals surface area contributed by atoms with Crippen LogP contribution in [-0.4, -0.2) is 38.9 Å². The molecule has 0 radical (unpaired) electrons. The Morgan fingerprint density at radius 1 is 1.30 bits per heavy atom. The average molecular weight is 433 g/mol. The van der Waals surface area contributed by atoms with Crippen LogP contribution in [0.2, 0.25) is 0 Å². The monoisotopic (exact) mass is 432 g/mol. The maximum absolute atomic E-state index is 11.0. The van der Waals surface area contributed by atoms with Gasteiger partial charge in [-0.2, -0.15) is 0 Å². The highest BCUT2D eigenvalue weighted by atomic mass is 35.5. The van der Waals surface area contributed by atoms with Crippen LogP contribution >= 0.6 is 11.6 Å². The van der Waals surface area contributed by atoms with Gasteiger partial charge in [-0.05, 0) is 68.6 Å². The van der Waals surface area contributed by atoms with Gasteiger partial charge in [-0.15, -0.1) is 18.2 Å². The topological polar surface area (TPSA) is 77.8 Å². The Labute approximate surface area is 184 Å². The lowest BCUT2D eigenvalue weighted by Crippen LogP contribution is -2.40. The van der Waals surface area contributed by atoms with E-state index in [1.54, 1.807) is 12.1 Å². The first kappa shape index (κ1) is 23.1. The zero-order valence-electron chi connectivity index (χ0n) is 17.4. The molecule has 1 aromatic carbocycles. The van der Waals surface area contributed by atoms with Gasteiger partial charge >= 0.3 is 5.97 Å². The molecule has 0 saturated heterocycles. The van der Waals surface area contributed by atoms with Gasteiger partial charge in [0.2, 0.25) is 0 Å². The molecule has 0 amide bonds. The Balaban J connectivity index is 1.58. The van der Waals surface area contributed by atoms with Crippen LogP contribution < -0.4 is 0 Å². The molecule has 0 heterocycles. The number of carbonyl (C=O) groups is 1. The zero-order chi connectivity index (χ0) is 21.7. The zero-order valence-corrected chi connectivity index (χ0v) is 18.2. The average Bonchev–Trinajstić information content (AvgIpc) is 2.95. The highest BCUT2D eigenvalue weighted by molar-refractivity contribution is 6.21. The minimum atomic E-state index is -0.926. The molecule has 5 atom stereocenters. The molecule has 0 bridgehead atoms. The second kappa shape index (κ2) is 10.1. The van der Waals surface area contributed by atoms with Gasteiger partial charge < -0.3 is 15.3 Å². The van der Waals surface area contributed by atoms with Crippen molar-refractivity contribution in [2.24, 2.45) is 17.3 Å². The number of benzene rings is 1. The molecular formula is C25H33ClO4. The van der Waals surface area contributed by atoms with Crippen molar-refractivity contribution in [1.82, 2.24) is 0 Å². The molecule has 3 N–H and O–H groups in total. The number of allylic oxidation sites excluding steroid dienone is 1. The SMILES string of the molecule is C=CCC1(C(O)CC=C[C@H]2C(O)CC(Cl)[C@@H]2CCc2ccc(C(=O)O)cc2)CCC1. The van der Waals surface area contributed by atoms with Gasteiger partial charge in [0.15, 0.2) is 0 Å². The molecular weight excluding hydrogens is 400 g/mol. The lowest BCUT2D eigenvalue weighted by molar-refractivity contribution is -0.0304. The van der Waals surface area contributed by atoms with Crippen molar-refractivity contribution in [3.8, 4) is 0 Å². The number of alkyl halides is 1. The number of aliphatic hydroxyl groups excluding tert-OH is 2. The van der Waals surface area contributed by atoms with Crippen molar-refractivity contribution in [3.05, 3.63) is 60.2 Å². The van der Waals surface area contributed by atoms with E-state index in [9.17, 15) is 15.0 Å². The van der Waals surface area contributed by atoms with Crippen molar-refractivity contribution < 1.29 is 20.1 Å². The summed E-state index contributed by atoms with van der Waals surface area (Å²) in [6.45, 7) is 3.83. The summed E-state index contributed by atoms with van der Waals surface area (Å²) in [5, 5.41) is 30.1. The molecule has 1 aromatic rings. The van der Waals surface area contributed by atoms with Gasteiger partial charge in [-0.1, -0.05) is 36.8 Å². The number of carboxylic acids is 1. The predicted octanol–water partition coefficient (Wildman–Crippen LogP) is 4.98. The fourth-order valence-corrected chi connectivity index (χ4v) is 5.56. The molecule has 164 valence electrons. The first-order chi connectivity index (χ1) is 14.4. The Morgan fingerprint density at radius 3 is 2.57 bits per heavy atom. The predicted molar refractivity (Wildman–Crippen MR) is 120 cm³/mol. The van der Waals surface area contributed by atoms with Gasteiger partial charge in [-0.25, -0.2) is 4.79 Å². The number of aromatic carboxylic acids is 1. The smallest absolute Gasteiger partial charge is 0.335 e. The van der Waals surface area contributed by atoms with E-state index in [0.717, 1.165) is 37.7 Å². The standard InChI is InChI=1S/C25H33ClO4/c1-2-13-25(14-4-15-25)23(28)6-3-5-20-19(21(26)16-22(20)27)12-9-17-7-10-18(11-8-17)24(29)30/h2-3,5,7-8,10-11,19-23,27-28H,1,4,6,9,12-16H2,(H,29,30)/t19-,20-,21?,22?,23?/m1/s1.